The van der Waals surface area contributed by atoms with Crippen molar-refractivity contribution in [3.63, 3.8) is 0 Å². The Morgan fingerprint density at radius 2 is 1.95 bits per heavy atom. The summed E-state index contributed by atoms with van der Waals surface area (Å²) >= 11 is 0. The van der Waals surface area contributed by atoms with Crippen molar-refractivity contribution in [2.75, 3.05) is 30.7 Å². The Morgan fingerprint density at radius 3 is 2.66 bits per heavy atom. The van der Waals surface area contributed by atoms with E-state index in [1.807, 2.05) is 49.4 Å². The fourth-order valence-corrected chi connectivity index (χ4v) is 7.87. The number of hydrogen-bond donors (Lipinski definition) is 1. The molecule has 1 fully saturated rings. The summed E-state index contributed by atoms with van der Waals surface area (Å²) in [5.74, 6) is 0.949. The number of nitrogens with one attached hydrogen (secondary N) is 1. The van der Waals surface area contributed by atoms with E-state index in [1.54, 1.807) is 23.4 Å². The second-order valence-electron chi connectivity index (χ2n) is 9.56. The maximum absolute atomic E-state index is 14.3. The molecule has 192 valence electrons. The van der Waals surface area contributed by atoms with Crippen LogP contribution in [0.5, 0.6) is 0 Å². The molecule has 1 atom stereocenters. The number of carbonyl (C=O) groups is 1. The van der Waals surface area contributed by atoms with Crippen LogP contribution in [0.25, 0.3) is 16.7 Å². The van der Waals surface area contributed by atoms with Crippen molar-refractivity contribution in [2.45, 2.75) is 33.2 Å². The van der Waals surface area contributed by atoms with Crippen molar-refractivity contribution in [2.24, 2.45) is 0 Å². The number of aromatic nitrogens is 4. The number of amides is 1. The lowest BCUT2D eigenvalue weighted by atomic mass is 9.98. The van der Waals surface area contributed by atoms with Crippen molar-refractivity contribution >= 4 is 40.9 Å². The molecule has 4 heterocycles. The molecule has 1 N–H and O–H groups in total. The molecule has 1 aliphatic heterocycles. The van der Waals surface area contributed by atoms with Gasteiger partial charge in [-0.05, 0) is 44.0 Å². The maximum Gasteiger partial charge on any atom is 0.236 e. The molecule has 11 heteroatoms. The molecule has 1 saturated heterocycles. The van der Waals surface area contributed by atoms with Crippen LogP contribution in [0.1, 0.15) is 41.9 Å². The van der Waals surface area contributed by atoms with Gasteiger partial charge in [0.05, 0.1) is 34.4 Å². The molecule has 0 aliphatic carbocycles. The van der Waals surface area contributed by atoms with E-state index in [2.05, 4.69) is 21.4 Å². The number of fused-ring (bicyclic) bond motifs is 3. The van der Waals surface area contributed by atoms with Gasteiger partial charge in [0.1, 0.15) is 30.9 Å². The zero-order valence-corrected chi connectivity index (χ0v) is 22.4. The first-order valence-electron chi connectivity index (χ1n) is 12.4. The Hall–Kier alpha value is -4.27. The molecule has 1 aromatic carbocycles. The number of anilines is 1. The SMILES string of the molecule is Cc1nc(N[C@H](C)c2cccc(C#N)c2C)c2cc(P3(=O)CCN(C(=O)CC#N)CC3)c3nccn3c2n1. The van der Waals surface area contributed by atoms with Gasteiger partial charge in [0.25, 0.3) is 0 Å². The van der Waals surface area contributed by atoms with Crippen molar-refractivity contribution in [1.82, 2.24) is 24.3 Å². The van der Waals surface area contributed by atoms with Gasteiger partial charge in [0.2, 0.25) is 5.91 Å². The molecular formula is C27H27N8O2P. The van der Waals surface area contributed by atoms with E-state index in [9.17, 15) is 14.6 Å². The summed E-state index contributed by atoms with van der Waals surface area (Å²) in [4.78, 5) is 27.7. The smallest absolute Gasteiger partial charge is 0.236 e. The largest absolute Gasteiger partial charge is 0.363 e. The molecule has 1 amide bonds. The Labute approximate surface area is 220 Å². The summed E-state index contributed by atoms with van der Waals surface area (Å²) in [7, 11) is -2.90. The third-order valence-corrected chi connectivity index (χ3v) is 10.3. The normalized spacial score (nSPS) is 15.7. The molecule has 5 rings (SSSR count). The van der Waals surface area contributed by atoms with Gasteiger partial charge < -0.3 is 14.8 Å². The Morgan fingerprint density at radius 1 is 1.18 bits per heavy atom. The summed E-state index contributed by atoms with van der Waals surface area (Å²) in [5.41, 5.74) is 3.76. The van der Waals surface area contributed by atoms with Gasteiger partial charge in [-0.15, -0.1) is 0 Å². The minimum absolute atomic E-state index is 0.159. The third kappa shape index (κ3) is 4.38. The Bertz CT molecular complexity index is 1700. The maximum atomic E-state index is 14.3. The Balaban J connectivity index is 1.58. The first kappa shape index (κ1) is 25.4. The van der Waals surface area contributed by atoms with Crippen molar-refractivity contribution in [1.29, 1.82) is 10.5 Å². The fraction of sp³-hybridized carbons (Fsp3) is 0.333. The van der Waals surface area contributed by atoms with E-state index < -0.39 is 7.14 Å². The average Bonchev–Trinajstić information content (AvgIpc) is 3.39. The van der Waals surface area contributed by atoms with E-state index in [-0.39, 0.29) is 18.4 Å². The first-order chi connectivity index (χ1) is 18.3. The lowest BCUT2D eigenvalue weighted by molar-refractivity contribution is -0.129. The molecule has 4 aromatic rings. The van der Waals surface area contributed by atoms with Crippen LogP contribution < -0.4 is 10.6 Å². The third-order valence-electron chi connectivity index (χ3n) is 7.22. The predicted molar refractivity (Wildman–Crippen MR) is 145 cm³/mol. The van der Waals surface area contributed by atoms with Gasteiger partial charge in [-0.1, -0.05) is 12.1 Å². The molecule has 0 radical (unpaired) electrons. The van der Waals surface area contributed by atoms with Crippen LogP contribution >= 0.6 is 7.14 Å². The van der Waals surface area contributed by atoms with Gasteiger partial charge >= 0.3 is 0 Å². The van der Waals surface area contributed by atoms with Crippen LogP contribution in [0, 0.1) is 36.5 Å². The zero-order chi connectivity index (χ0) is 27.0. The van der Waals surface area contributed by atoms with Gasteiger partial charge in [-0.2, -0.15) is 10.5 Å². The minimum Gasteiger partial charge on any atom is -0.363 e. The van der Waals surface area contributed by atoms with Gasteiger partial charge in [-0.25, -0.2) is 15.0 Å². The van der Waals surface area contributed by atoms with Crippen LogP contribution in [-0.2, 0) is 9.36 Å². The first-order valence-corrected chi connectivity index (χ1v) is 14.5. The summed E-state index contributed by atoms with van der Waals surface area (Å²) in [6.07, 6.45) is 3.95. The highest BCUT2D eigenvalue weighted by Gasteiger charge is 2.35. The quantitative estimate of drug-likeness (QED) is 0.389. The average molecular weight is 527 g/mol. The van der Waals surface area contributed by atoms with Crippen molar-refractivity contribution in [3.05, 3.63) is 59.2 Å². The number of pyridine rings is 1. The molecule has 0 bridgehead atoms. The predicted octanol–water partition coefficient (Wildman–Crippen LogP) is 3.68. The standard InChI is InChI=1S/C27H27N8O2P/c1-17-20(16-29)5-4-6-21(17)18(2)31-25-22-15-23(27-30-9-10-35(27)26(22)33-19(3)32-25)38(37)13-11-34(12-14-38)24(36)7-8-28/h4-6,9-10,15,18H,7,11-14H2,1-3H3,(H,31,32,33)/t18-/m1/s1. The highest BCUT2D eigenvalue weighted by atomic mass is 31.2. The number of imidazole rings is 1. The highest BCUT2D eigenvalue weighted by Crippen LogP contribution is 2.48. The van der Waals surface area contributed by atoms with Crippen molar-refractivity contribution in [3.8, 4) is 12.1 Å². The van der Waals surface area contributed by atoms with E-state index in [1.165, 1.54) is 0 Å². The number of benzene rings is 1. The number of rotatable bonds is 5. The second-order valence-corrected chi connectivity index (χ2v) is 12.7. The molecular weight excluding hydrogens is 499 g/mol. The number of aryl methyl sites for hydroxylation is 1. The van der Waals surface area contributed by atoms with Gasteiger partial charge in [-0.3, -0.25) is 9.20 Å². The molecule has 38 heavy (non-hydrogen) atoms. The second kappa shape index (κ2) is 9.89. The van der Waals surface area contributed by atoms with E-state index in [0.717, 1.165) is 16.5 Å². The van der Waals surface area contributed by atoms with E-state index >= 15 is 0 Å². The number of nitriles is 2. The molecule has 0 unspecified atom stereocenters. The topological polar surface area (TPSA) is 140 Å². The molecule has 3 aromatic heterocycles. The lowest BCUT2D eigenvalue weighted by Gasteiger charge is -2.32. The fourth-order valence-electron chi connectivity index (χ4n) is 5.14. The summed E-state index contributed by atoms with van der Waals surface area (Å²) in [6.45, 7) is 6.44. The number of nitrogens with zero attached hydrogens (tertiary/aromatic N) is 7. The van der Waals surface area contributed by atoms with Crippen LogP contribution in [-0.4, -0.2) is 55.6 Å². The van der Waals surface area contributed by atoms with Crippen LogP contribution in [0.2, 0.25) is 0 Å². The summed E-state index contributed by atoms with van der Waals surface area (Å²) < 4.78 is 16.2. The van der Waals surface area contributed by atoms with Crippen LogP contribution in [0.3, 0.4) is 0 Å². The van der Waals surface area contributed by atoms with E-state index in [0.29, 0.717) is 59.2 Å². The molecule has 0 spiro atoms. The number of carbonyl (C=O) groups excluding carboxylic acids is 1. The minimum atomic E-state index is -2.90. The van der Waals surface area contributed by atoms with Crippen LogP contribution in [0.15, 0.2) is 36.7 Å². The molecule has 1 aliphatic rings. The van der Waals surface area contributed by atoms with Crippen LogP contribution in [0.4, 0.5) is 5.82 Å². The molecule has 0 saturated carbocycles. The van der Waals surface area contributed by atoms with Gasteiger partial charge in [0, 0.05) is 37.8 Å². The monoisotopic (exact) mass is 526 g/mol. The summed E-state index contributed by atoms with van der Waals surface area (Å²) in [5, 5.41) is 23.2. The van der Waals surface area contributed by atoms with E-state index in [4.69, 9.17) is 10.2 Å². The van der Waals surface area contributed by atoms with Crippen molar-refractivity contribution < 1.29 is 9.36 Å². The Kier molecular flexibility index (Phi) is 6.60. The molecule has 10 nitrogen and oxygen atoms in total. The highest BCUT2D eigenvalue weighted by molar-refractivity contribution is 7.72. The summed E-state index contributed by atoms with van der Waals surface area (Å²) in [6, 6.07) is 11.5. The number of hydrogen-bond acceptors (Lipinski definition) is 8. The zero-order valence-electron chi connectivity index (χ0n) is 21.5. The lowest BCUT2D eigenvalue weighted by Crippen LogP contribution is -2.41. The van der Waals surface area contributed by atoms with Gasteiger partial charge in [0.15, 0.2) is 5.65 Å².